The molecule has 0 saturated heterocycles. The number of halogens is 1. The molecule has 1 aromatic heterocycles. The van der Waals surface area contributed by atoms with Crippen molar-refractivity contribution < 1.29 is 9.59 Å². The molecule has 0 radical (unpaired) electrons. The third-order valence-corrected chi connectivity index (χ3v) is 6.84. The highest BCUT2D eigenvalue weighted by molar-refractivity contribution is 6.30. The van der Waals surface area contributed by atoms with E-state index in [1.54, 1.807) is 17.0 Å². The Labute approximate surface area is 216 Å². The van der Waals surface area contributed by atoms with E-state index in [1.165, 1.54) is 0 Å². The van der Waals surface area contributed by atoms with Gasteiger partial charge in [-0.25, -0.2) is 0 Å². The standard InChI is InChI=1S/C30H28ClN3O2/c1-2-3-19-32(30(36)23-10-5-4-6-11-23)21-28(35)34-26-13-8-7-12-25(26)33-20-9-14-27(33)29(34)22-15-17-24(31)18-16-22/h4-18,20,29H,2-3,19,21H2,1H3. The molecule has 4 aromatic rings. The van der Waals surface area contributed by atoms with Gasteiger partial charge in [0, 0.05) is 23.3 Å². The van der Waals surface area contributed by atoms with E-state index in [9.17, 15) is 9.59 Å². The number of hydrogen-bond donors (Lipinski definition) is 0. The molecule has 1 aliphatic rings. The summed E-state index contributed by atoms with van der Waals surface area (Å²) in [5, 5.41) is 0.641. The van der Waals surface area contributed by atoms with Crippen molar-refractivity contribution in [2.45, 2.75) is 25.8 Å². The number of carbonyl (C=O) groups excluding carboxylic acids is 2. The number of benzene rings is 3. The van der Waals surface area contributed by atoms with Gasteiger partial charge in [-0.3, -0.25) is 14.5 Å². The van der Waals surface area contributed by atoms with Gasteiger partial charge in [0.05, 0.1) is 17.1 Å². The first-order chi connectivity index (χ1) is 17.6. The van der Waals surface area contributed by atoms with Gasteiger partial charge in [-0.15, -0.1) is 0 Å². The normalized spacial score (nSPS) is 14.2. The van der Waals surface area contributed by atoms with Gasteiger partial charge in [-0.1, -0.05) is 67.4 Å². The van der Waals surface area contributed by atoms with Crippen molar-refractivity contribution in [3.8, 4) is 5.69 Å². The molecule has 0 fully saturated rings. The molecule has 5 rings (SSSR count). The minimum absolute atomic E-state index is 0.00708. The number of carbonyl (C=O) groups is 2. The van der Waals surface area contributed by atoms with Gasteiger partial charge in [0.15, 0.2) is 0 Å². The molecule has 182 valence electrons. The lowest BCUT2D eigenvalue weighted by Crippen LogP contribution is -2.47. The second-order valence-electron chi connectivity index (χ2n) is 8.96. The maximum atomic E-state index is 14.1. The Kier molecular flexibility index (Phi) is 6.92. The highest BCUT2D eigenvalue weighted by atomic mass is 35.5. The summed E-state index contributed by atoms with van der Waals surface area (Å²) in [6.07, 6.45) is 3.78. The Morgan fingerprint density at radius 2 is 1.56 bits per heavy atom. The van der Waals surface area contributed by atoms with E-state index in [1.807, 2.05) is 90.0 Å². The molecule has 1 unspecified atom stereocenters. The Morgan fingerprint density at radius 3 is 2.28 bits per heavy atom. The van der Waals surface area contributed by atoms with Gasteiger partial charge >= 0.3 is 0 Å². The molecule has 2 heterocycles. The van der Waals surface area contributed by atoms with Crippen LogP contribution in [0.25, 0.3) is 5.69 Å². The molecule has 2 amide bonds. The minimum atomic E-state index is -0.348. The van der Waals surface area contributed by atoms with Crippen molar-refractivity contribution >= 4 is 29.1 Å². The van der Waals surface area contributed by atoms with E-state index < -0.39 is 0 Å². The largest absolute Gasteiger partial charge is 0.329 e. The highest BCUT2D eigenvalue weighted by Crippen LogP contribution is 2.42. The van der Waals surface area contributed by atoms with Gasteiger partial charge in [-0.2, -0.15) is 0 Å². The molecule has 36 heavy (non-hydrogen) atoms. The van der Waals surface area contributed by atoms with E-state index in [4.69, 9.17) is 11.6 Å². The second-order valence-corrected chi connectivity index (χ2v) is 9.39. The number of amides is 2. The summed E-state index contributed by atoms with van der Waals surface area (Å²) in [4.78, 5) is 31.1. The molecule has 3 aromatic carbocycles. The van der Waals surface area contributed by atoms with Crippen molar-refractivity contribution in [1.82, 2.24) is 9.47 Å². The molecule has 5 nitrogen and oxygen atoms in total. The van der Waals surface area contributed by atoms with E-state index >= 15 is 0 Å². The van der Waals surface area contributed by atoms with Crippen LogP contribution in [0.2, 0.25) is 5.02 Å². The average Bonchev–Trinajstić information content (AvgIpc) is 3.41. The van der Waals surface area contributed by atoms with Crippen LogP contribution in [0.3, 0.4) is 0 Å². The Bertz CT molecular complexity index is 1360. The van der Waals surface area contributed by atoms with Crippen LogP contribution in [0, 0.1) is 0 Å². The number of rotatable bonds is 7. The van der Waals surface area contributed by atoms with Gasteiger partial charge in [-0.05, 0) is 60.5 Å². The number of nitrogens with zero attached hydrogens (tertiary/aromatic N) is 3. The molecular weight excluding hydrogens is 470 g/mol. The molecule has 0 aliphatic carbocycles. The lowest BCUT2D eigenvalue weighted by molar-refractivity contribution is -0.119. The zero-order chi connectivity index (χ0) is 25.1. The highest BCUT2D eigenvalue weighted by Gasteiger charge is 2.37. The molecule has 0 spiro atoms. The van der Waals surface area contributed by atoms with Crippen molar-refractivity contribution in [1.29, 1.82) is 0 Å². The zero-order valence-corrected chi connectivity index (χ0v) is 20.9. The van der Waals surface area contributed by atoms with Gasteiger partial charge < -0.3 is 9.47 Å². The summed E-state index contributed by atoms with van der Waals surface area (Å²) in [7, 11) is 0. The fraction of sp³-hybridized carbons (Fsp3) is 0.200. The summed E-state index contributed by atoms with van der Waals surface area (Å²) in [5.41, 5.74) is 4.28. The summed E-state index contributed by atoms with van der Waals surface area (Å²) >= 11 is 6.19. The van der Waals surface area contributed by atoms with Crippen LogP contribution < -0.4 is 4.90 Å². The molecule has 1 aliphatic heterocycles. The summed E-state index contributed by atoms with van der Waals surface area (Å²) < 4.78 is 2.13. The summed E-state index contributed by atoms with van der Waals surface area (Å²) in [6.45, 7) is 2.60. The predicted octanol–water partition coefficient (Wildman–Crippen LogP) is 6.51. The van der Waals surface area contributed by atoms with Gasteiger partial charge in [0.2, 0.25) is 5.91 Å². The van der Waals surface area contributed by atoms with Gasteiger partial charge in [0.1, 0.15) is 12.6 Å². The van der Waals surface area contributed by atoms with Crippen LogP contribution in [0.15, 0.2) is 97.2 Å². The number of hydrogen-bond acceptors (Lipinski definition) is 2. The van der Waals surface area contributed by atoms with Crippen LogP contribution in [-0.2, 0) is 4.79 Å². The molecule has 1 atom stereocenters. The van der Waals surface area contributed by atoms with E-state index in [0.29, 0.717) is 17.1 Å². The van der Waals surface area contributed by atoms with Crippen molar-refractivity contribution in [3.05, 3.63) is 119 Å². The average molecular weight is 498 g/mol. The predicted molar refractivity (Wildman–Crippen MR) is 144 cm³/mol. The second kappa shape index (κ2) is 10.4. The number of unbranched alkanes of at least 4 members (excludes halogenated alkanes) is 1. The minimum Gasteiger partial charge on any atom is -0.329 e. The Balaban J connectivity index is 1.55. The van der Waals surface area contributed by atoms with E-state index in [0.717, 1.165) is 35.5 Å². The van der Waals surface area contributed by atoms with Crippen molar-refractivity contribution in [2.24, 2.45) is 0 Å². The fourth-order valence-electron chi connectivity index (χ4n) is 4.83. The number of fused-ring (bicyclic) bond motifs is 3. The Hall–Kier alpha value is -3.83. The smallest absolute Gasteiger partial charge is 0.254 e. The molecular formula is C30H28ClN3O2. The fourth-order valence-corrected chi connectivity index (χ4v) is 4.95. The first kappa shape index (κ1) is 23.9. The van der Waals surface area contributed by atoms with Crippen molar-refractivity contribution in [3.63, 3.8) is 0 Å². The quantitative estimate of drug-likeness (QED) is 0.292. The number of aromatic nitrogens is 1. The molecule has 0 bridgehead atoms. The van der Waals surface area contributed by atoms with E-state index in [-0.39, 0.29) is 24.4 Å². The SMILES string of the molecule is CCCCN(CC(=O)N1c2ccccc2-n2cccc2C1c1ccc(Cl)cc1)C(=O)c1ccccc1. The molecule has 6 heteroatoms. The van der Waals surface area contributed by atoms with Crippen LogP contribution in [-0.4, -0.2) is 34.4 Å². The molecule has 0 N–H and O–H groups in total. The lowest BCUT2D eigenvalue weighted by Gasteiger charge is -2.39. The number of anilines is 1. The van der Waals surface area contributed by atoms with Crippen LogP contribution in [0.5, 0.6) is 0 Å². The third-order valence-electron chi connectivity index (χ3n) is 6.59. The number of para-hydroxylation sites is 2. The van der Waals surface area contributed by atoms with Crippen molar-refractivity contribution in [2.75, 3.05) is 18.0 Å². The monoisotopic (exact) mass is 497 g/mol. The van der Waals surface area contributed by atoms with Crippen LogP contribution in [0.1, 0.15) is 47.4 Å². The van der Waals surface area contributed by atoms with Crippen LogP contribution in [0.4, 0.5) is 5.69 Å². The van der Waals surface area contributed by atoms with E-state index in [2.05, 4.69) is 11.5 Å². The maximum Gasteiger partial charge on any atom is 0.254 e. The lowest BCUT2D eigenvalue weighted by atomic mass is 9.97. The van der Waals surface area contributed by atoms with Crippen LogP contribution >= 0.6 is 11.6 Å². The Morgan fingerprint density at radius 1 is 0.861 bits per heavy atom. The maximum absolute atomic E-state index is 14.1. The van der Waals surface area contributed by atoms with Gasteiger partial charge in [0.25, 0.3) is 5.91 Å². The molecule has 0 saturated carbocycles. The topological polar surface area (TPSA) is 45.6 Å². The summed E-state index contributed by atoms with van der Waals surface area (Å²) in [6, 6.07) is 28.4. The first-order valence-corrected chi connectivity index (χ1v) is 12.6. The zero-order valence-electron chi connectivity index (χ0n) is 20.2. The summed E-state index contributed by atoms with van der Waals surface area (Å²) in [5.74, 6) is -0.260. The first-order valence-electron chi connectivity index (χ1n) is 12.3. The third kappa shape index (κ3) is 4.54.